The molecule has 5 nitrogen and oxygen atoms in total. The van der Waals surface area contributed by atoms with Crippen molar-refractivity contribution in [2.45, 2.75) is 58.2 Å². The van der Waals surface area contributed by atoms with Crippen molar-refractivity contribution in [2.24, 2.45) is 0 Å². The van der Waals surface area contributed by atoms with Gasteiger partial charge in [-0.15, -0.1) is 0 Å². The van der Waals surface area contributed by atoms with Gasteiger partial charge in [-0.25, -0.2) is 0 Å². The number of aromatic nitrogens is 1. The van der Waals surface area contributed by atoms with Gasteiger partial charge < -0.3 is 15.2 Å². The highest BCUT2D eigenvalue weighted by Crippen LogP contribution is 2.24. The number of pyridine rings is 1. The van der Waals surface area contributed by atoms with E-state index in [2.05, 4.69) is 15.0 Å². The third-order valence-corrected chi connectivity index (χ3v) is 4.95. The molecule has 0 amide bonds. The summed E-state index contributed by atoms with van der Waals surface area (Å²) in [6.07, 6.45) is 4.46. The number of aryl methyl sites for hydroxylation is 2. The highest BCUT2D eigenvalue weighted by atomic mass is 19.3. The fraction of sp³-hybridized carbons (Fsp3) is 0.429. The number of carbonyl (C=O) groups is 1. The van der Waals surface area contributed by atoms with Crippen LogP contribution in [0.15, 0.2) is 30.3 Å². The first-order chi connectivity index (χ1) is 13.4. The molecule has 7 heteroatoms. The standard InChI is InChI=1S/C21H24F2N2O3/c1-13-10-15(17-4-2-3-5-18(17)25-13)12-24-19(20(26)27)11-14-6-8-16(9-7-14)28-21(22)23/h6-10,19,21,24H,2-5,11-12H2,1H3,(H,26,27)/t19-/m0/s1. The number of rotatable bonds is 8. The Balaban J connectivity index is 1.67. The lowest BCUT2D eigenvalue weighted by Crippen LogP contribution is -2.38. The maximum atomic E-state index is 12.2. The van der Waals surface area contributed by atoms with Crippen molar-refractivity contribution in [3.8, 4) is 5.75 Å². The molecule has 0 spiro atoms. The fourth-order valence-corrected chi connectivity index (χ4v) is 3.62. The third-order valence-electron chi connectivity index (χ3n) is 4.95. The predicted octanol–water partition coefficient (Wildman–Crippen LogP) is 3.66. The van der Waals surface area contributed by atoms with E-state index in [1.165, 1.54) is 17.7 Å². The summed E-state index contributed by atoms with van der Waals surface area (Å²) in [6.45, 7) is -0.472. The minimum atomic E-state index is -2.88. The van der Waals surface area contributed by atoms with Gasteiger partial charge >= 0.3 is 12.6 Å². The number of alkyl halides is 2. The zero-order valence-electron chi connectivity index (χ0n) is 15.8. The number of ether oxygens (including phenoxy) is 1. The zero-order valence-corrected chi connectivity index (χ0v) is 15.8. The van der Waals surface area contributed by atoms with Crippen LogP contribution in [0, 0.1) is 6.92 Å². The fourth-order valence-electron chi connectivity index (χ4n) is 3.62. The van der Waals surface area contributed by atoms with Crippen molar-refractivity contribution in [3.63, 3.8) is 0 Å². The maximum absolute atomic E-state index is 12.2. The summed E-state index contributed by atoms with van der Waals surface area (Å²) in [5.74, 6) is -0.898. The molecule has 1 aliphatic rings. The molecule has 28 heavy (non-hydrogen) atoms. The maximum Gasteiger partial charge on any atom is 0.387 e. The molecule has 0 fully saturated rings. The number of halogens is 2. The van der Waals surface area contributed by atoms with Crippen LogP contribution in [-0.2, 0) is 30.6 Å². The van der Waals surface area contributed by atoms with E-state index in [0.29, 0.717) is 6.54 Å². The Morgan fingerprint density at radius 1 is 1.25 bits per heavy atom. The van der Waals surface area contributed by atoms with Crippen molar-refractivity contribution in [2.75, 3.05) is 0 Å². The largest absolute Gasteiger partial charge is 0.480 e. The number of fused-ring (bicyclic) bond motifs is 1. The summed E-state index contributed by atoms with van der Waals surface area (Å²) in [5, 5.41) is 12.7. The van der Waals surface area contributed by atoms with Crippen LogP contribution in [0.1, 0.15) is 40.9 Å². The van der Waals surface area contributed by atoms with Gasteiger partial charge in [0.2, 0.25) is 0 Å². The number of nitrogens with zero attached hydrogens (tertiary/aromatic N) is 1. The van der Waals surface area contributed by atoms with Crippen LogP contribution in [0.3, 0.4) is 0 Å². The highest BCUT2D eigenvalue weighted by Gasteiger charge is 2.20. The smallest absolute Gasteiger partial charge is 0.387 e. The van der Waals surface area contributed by atoms with Gasteiger partial charge in [0.05, 0.1) is 0 Å². The number of aliphatic carboxylic acids is 1. The number of carboxylic acids is 1. The van der Waals surface area contributed by atoms with Gasteiger partial charge in [0.15, 0.2) is 0 Å². The van der Waals surface area contributed by atoms with Gasteiger partial charge in [-0.3, -0.25) is 9.78 Å². The molecule has 3 rings (SSSR count). The second-order valence-corrected chi connectivity index (χ2v) is 7.05. The van der Waals surface area contributed by atoms with Crippen molar-refractivity contribution < 1.29 is 23.4 Å². The first-order valence-corrected chi connectivity index (χ1v) is 9.40. The molecule has 2 N–H and O–H groups in total. The Bertz CT molecular complexity index is 825. The predicted molar refractivity (Wildman–Crippen MR) is 101 cm³/mol. The number of carboxylic acid groups (broad SMARTS) is 1. The number of hydrogen-bond acceptors (Lipinski definition) is 4. The van der Waals surface area contributed by atoms with Crippen molar-refractivity contribution in [3.05, 3.63) is 58.4 Å². The van der Waals surface area contributed by atoms with Crippen LogP contribution in [-0.4, -0.2) is 28.7 Å². The van der Waals surface area contributed by atoms with Crippen LogP contribution in [0.4, 0.5) is 8.78 Å². The lowest BCUT2D eigenvalue weighted by Gasteiger charge is -2.21. The third kappa shape index (κ3) is 5.25. The van der Waals surface area contributed by atoms with E-state index in [1.54, 1.807) is 12.1 Å². The number of nitrogens with one attached hydrogen (secondary N) is 1. The summed E-state index contributed by atoms with van der Waals surface area (Å²) in [4.78, 5) is 16.3. The lowest BCUT2D eigenvalue weighted by molar-refractivity contribution is -0.139. The molecule has 0 saturated carbocycles. The summed E-state index contributed by atoms with van der Waals surface area (Å²) in [7, 11) is 0. The van der Waals surface area contributed by atoms with Gasteiger partial charge in [0, 0.05) is 17.9 Å². The van der Waals surface area contributed by atoms with E-state index in [-0.39, 0.29) is 12.2 Å². The molecule has 1 atom stereocenters. The Kier molecular flexibility index (Phi) is 6.57. The van der Waals surface area contributed by atoms with Crippen LogP contribution < -0.4 is 10.1 Å². The van der Waals surface area contributed by atoms with Crippen molar-refractivity contribution in [1.29, 1.82) is 0 Å². The molecule has 2 aromatic rings. The quantitative estimate of drug-likeness (QED) is 0.720. The minimum Gasteiger partial charge on any atom is -0.480 e. The molecular weight excluding hydrogens is 366 g/mol. The van der Waals surface area contributed by atoms with E-state index < -0.39 is 18.6 Å². The number of benzene rings is 1. The summed E-state index contributed by atoms with van der Waals surface area (Å²) in [5.41, 5.74) is 5.15. The molecule has 0 aliphatic heterocycles. The Morgan fingerprint density at radius 2 is 1.96 bits per heavy atom. The Hall–Kier alpha value is -2.54. The van der Waals surface area contributed by atoms with E-state index in [0.717, 1.165) is 48.2 Å². The molecule has 0 unspecified atom stereocenters. The molecular formula is C21H24F2N2O3. The second-order valence-electron chi connectivity index (χ2n) is 7.05. The average Bonchev–Trinajstić information content (AvgIpc) is 2.65. The SMILES string of the molecule is Cc1cc(CN[C@@H](Cc2ccc(OC(F)F)cc2)C(=O)O)c2c(n1)CCCC2. The molecule has 1 aromatic carbocycles. The molecule has 0 radical (unpaired) electrons. The van der Waals surface area contributed by atoms with Gasteiger partial charge in [-0.2, -0.15) is 8.78 Å². The topological polar surface area (TPSA) is 71.5 Å². The van der Waals surface area contributed by atoms with E-state index in [4.69, 9.17) is 0 Å². The van der Waals surface area contributed by atoms with Gasteiger partial charge in [0.25, 0.3) is 0 Å². The van der Waals surface area contributed by atoms with E-state index in [1.807, 2.05) is 13.0 Å². The normalized spacial score (nSPS) is 14.6. The van der Waals surface area contributed by atoms with Crippen LogP contribution in [0.25, 0.3) is 0 Å². The molecule has 1 aliphatic carbocycles. The Labute approximate surface area is 162 Å². The molecule has 150 valence electrons. The van der Waals surface area contributed by atoms with Crippen LogP contribution in [0.2, 0.25) is 0 Å². The minimum absolute atomic E-state index is 0.0532. The summed E-state index contributed by atoms with van der Waals surface area (Å²) >= 11 is 0. The Morgan fingerprint density at radius 3 is 2.64 bits per heavy atom. The highest BCUT2D eigenvalue weighted by molar-refractivity contribution is 5.74. The van der Waals surface area contributed by atoms with Crippen LogP contribution >= 0.6 is 0 Å². The van der Waals surface area contributed by atoms with Gasteiger partial charge in [0.1, 0.15) is 11.8 Å². The van der Waals surface area contributed by atoms with Crippen LogP contribution in [0.5, 0.6) is 5.75 Å². The monoisotopic (exact) mass is 390 g/mol. The summed E-state index contributed by atoms with van der Waals surface area (Å²) < 4.78 is 28.8. The average molecular weight is 390 g/mol. The van der Waals surface area contributed by atoms with Gasteiger partial charge in [-0.05, 0) is 73.9 Å². The number of hydrogen-bond donors (Lipinski definition) is 2. The van der Waals surface area contributed by atoms with E-state index in [9.17, 15) is 18.7 Å². The van der Waals surface area contributed by atoms with Crippen molar-refractivity contribution >= 4 is 5.97 Å². The molecule has 1 heterocycles. The lowest BCUT2D eigenvalue weighted by atomic mass is 9.91. The van der Waals surface area contributed by atoms with E-state index >= 15 is 0 Å². The first kappa shape index (κ1) is 20.2. The van der Waals surface area contributed by atoms with Gasteiger partial charge in [-0.1, -0.05) is 12.1 Å². The molecule has 0 bridgehead atoms. The van der Waals surface area contributed by atoms with Crippen molar-refractivity contribution in [1.82, 2.24) is 10.3 Å². The molecule has 1 aromatic heterocycles. The second kappa shape index (κ2) is 9.10. The summed E-state index contributed by atoms with van der Waals surface area (Å²) in [6, 6.07) is 7.29. The molecule has 0 saturated heterocycles. The zero-order chi connectivity index (χ0) is 20.1. The first-order valence-electron chi connectivity index (χ1n) is 9.40.